The van der Waals surface area contributed by atoms with E-state index in [1.54, 1.807) is 7.11 Å². The van der Waals surface area contributed by atoms with Crippen LogP contribution >= 0.6 is 11.5 Å². The van der Waals surface area contributed by atoms with Gasteiger partial charge in [0.05, 0.1) is 18.3 Å². The molecule has 150 valence electrons. The zero-order valence-electron chi connectivity index (χ0n) is 16.4. The molecule has 2 fully saturated rings. The van der Waals surface area contributed by atoms with Crippen molar-refractivity contribution in [2.24, 2.45) is 0 Å². The lowest BCUT2D eigenvalue weighted by Crippen LogP contribution is -2.53. The van der Waals surface area contributed by atoms with Gasteiger partial charge in [0.1, 0.15) is 17.4 Å². The molecule has 0 radical (unpaired) electrons. The molecule has 1 N–H and O–H groups in total. The van der Waals surface area contributed by atoms with Crippen molar-refractivity contribution in [3.8, 4) is 16.3 Å². The average molecular weight is 404 g/mol. The molecule has 28 heavy (non-hydrogen) atoms. The number of ether oxygens (including phenoxy) is 2. The zero-order chi connectivity index (χ0) is 19.7. The molecule has 1 atom stereocenters. The van der Waals surface area contributed by atoms with Gasteiger partial charge in [0, 0.05) is 40.3 Å². The highest BCUT2D eigenvalue weighted by Gasteiger charge is 2.42. The number of rotatable bonds is 5. The first-order chi connectivity index (χ1) is 13.5. The summed E-state index contributed by atoms with van der Waals surface area (Å²) in [5, 5.41) is 3.78. The minimum atomic E-state index is -0.247. The van der Waals surface area contributed by atoms with E-state index in [1.165, 1.54) is 17.1 Å². The van der Waals surface area contributed by atoms with E-state index in [0.29, 0.717) is 12.5 Å². The van der Waals surface area contributed by atoms with Gasteiger partial charge in [0.15, 0.2) is 0 Å². The van der Waals surface area contributed by atoms with Gasteiger partial charge in [0.2, 0.25) is 11.9 Å². The molecule has 1 spiro atoms. The van der Waals surface area contributed by atoms with Crippen LogP contribution in [0.2, 0.25) is 0 Å². The van der Waals surface area contributed by atoms with Crippen LogP contribution in [0.1, 0.15) is 12.0 Å². The summed E-state index contributed by atoms with van der Waals surface area (Å²) in [6.07, 6.45) is 0.929. The summed E-state index contributed by atoms with van der Waals surface area (Å²) in [6, 6.07) is 6.21. The maximum atomic E-state index is 11.4. The average Bonchev–Trinajstić information content (AvgIpc) is 3.32. The number of nitrogens with one attached hydrogen (secondary N) is 1. The van der Waals surface area contributed by atoms with Crippen molar-refractivity contribution < 1.29 is 14.3 Å². The normalized spacial score (nSPS) is 22.5. The maximum absolute atomic E-state index is 11.4. The number of hydrogen-bond acceptors (Lipinski definition) is 8. The summed E-state index contributed by atoms with van der Waals surface area (Å²) in [6.45, 7) is 3.33. The fraction of sp³-hybridized carbons (Fsp3) is 0.526. The van der Waals surface area contributed by atoms with Crippen LogP contribution in [0.4, 0.5) is 5.95 Å². The first kappa shape index (κ1) is 19.1. The molecule has 1 aromatic carbocycles. The number of nitrogens with zero attached hydrogens (tertiary/aromatic N) is 4. The Morgan fingerprint density at radius 1 is 1.43 bits per heavy atom. The van der Waals surface area contributed by atoms with Crippen molar-refractivity contribution in [3.05, 3.63) is 23.8 Å². The number of amides is 1. The van der Waals surface area contributed by atoms with Crippen LogP contribution in [-0.4, -0.2) is 73.2 Å². The van der Waals surface area contributed by atoms with Crippen molar-refractivity contribution in [1.82, 2.24) is 19.6 Å². The van der Waals surface area contributed by atoms with E-state index in [-0.39, 0.29) is 18.1 Å². The van der Waals surface area contributed by atoms with Crippen molar-refractivity contribution in [2.45, 2.75) is 18.6 Å². The highest BCUT2D eigenvalue weighted by Crippen LogP contribution is 2.34. The Balaban J connectivity index is 1.50. The molecule has 2 aliphatic heterocycles. The van der Waals surface area contributed by atoms with Crippen molar-refractivity contribution in [1.29, 1.82) is 0 Å². The first-order valence-corrected chi connectivity index (χ1v) is 10.1. The molecule has 1 aromatic heterocycles. The molecule has 2 aromatic rings. The molecule has 8 nitrogen and oxygen atoms in total. The van der Waals surface area contributed by atoms with Gasteiger partial charge in [-0.25, -0.2) is 0 Å². The molecule has 0 bridgehead atoms. The lowest BCUT2D eigenvalue weighted by molar-refractivity contribution is -0.142. The van der Waals surface area contributed by atoms with E-state index in [4.69, 9.17) is 9.47 Å². The van der Waals surface area contributed by atoms with Crippen LogP contribution < -0.4 is 15.0 Å². The topological polar surface area (TPSA) is 79.8 Å². The van der Waals surface area contributed by atoms with Gasteiger partial charge >= 0.3 is 0 Å². The molecule has 2 saturated heterocycles. The Morgan fingerprint density at radius 2 is 2.29 bits per heavy atom. The fourth-order valence-electron chi connectivity index (χ4n) is 3.69. The van der Waals surface area contributed by atoms with Gasteiger partial charge in [-0.3, -0.25) is 9.69 Å². The number of carbonyl (C=O) groups excluding carboxylic acids is 1. The molecule has 1 unspecified atom stereocenters. The van der Waals surface area contributed by atoms with Crippen LogP contribution in [0.15, 0.2) is 18.2 Å². The van der Waals surface area contributed by atoms with Crippen LogP contribution in [0.3, 0.4) is 0 Å². The van der Waals surface area contributed by atoms with Gasteiger partial charge in [0.25, 0.3) is 0 Å². The Labute approximate surface area is 168 Å². The van der Waals surface area contributed by atoms with Crippen molar-refractivity contribution >= 4 is 23.4 Å². The fourth-order valence-corrected chi connectivity index (χ4v) is 4.44. The Morgan fingerprint density at radius 3 is 2.96 bits per heavy atom. The predicted molar refractivity (Wildman–Crippen MR) is 108 cm³/mol. The second-order valence-corrected chi connectivity index (χ2v) is 8.29. The zero-order valence-corrected chi connectivity index (χ0v) is 17.2. The highest BCUT2D eigenvalue weighted by atomic mass is 32.1. The van der Waals surface area contributed by atoms with Gasteiger partial charge in [-0.15, -0.1) is 0 Å². The number of methoxy groups -OCH3 is 1. The van der Waals surface area contributed by atoms with E-state index in [0.717, 1.165) is 42.4 Å². The molecule has 4 rings (SSSR count). The first-order valence-electron chi connectivity index (χ1n) is 9.29. The Hall–Kier alpha value is -2.23. The standard InChI is InChI=1S/C19H25N5O3S/c1-23(2)18-21-17(28-22-18)14-8-13(4-5-15(14)26-3)9-24-7-6-19(12-24)11-20-16(25)10-27-19/h4-5,8H,6-7,9-12H2,1-3H3,(H,20,25). The third-order valence-corrected chi connectivity index (χ3v) is 5.97. The number of aromatic nitrogens is 2. The number of morpholine rings is 1. The molecule has 2 aliphatic rings. The number of hydrogen-bond donors (Lipinski definition) is 1. The minimum Gasteiger partial charge on any atom is -0.496 e. The van der Waals surface area contributed by atoms with Crippen LogP contribution in [0.25, 0.3) is 10.6 Å². The number of carbonyl (C=O) groups is 1. The lowest BCUT2D eigenvalue weighted by atomic mass is 10.0. The highest BCUT2D eigenvalue weighted by molar-refractivity contribution is 7.09. The van der Waals surface area contributed by atoms with Crippen molar-refractivity contribution in [3.63, 3.8) is 0 Å². The van der Waals surface area contributed by atoms with Crippen LogP contribution in [-0.2, 0) is 16.1 Å². The van der Waals surface area contributed by atoms with Crippen LogP contribution in [0, 0.1) is 0 Å². The molecular weight excluding hydrogens is 378 g/mol. The molecule has 0 aliphatic carbocycles. The summed E-state index contributed by atoms with van der Waals surface area (Å²) in [5.74, 6) is 1.46. The Kier molecular flexibility index (Phi) is 5.22. The van der Waals surface area contributed by atoms with E-state index in [2.05, 4.69) is 31.7 Å². The smallest absolute Gasteiger partial charge is 0.246 e. The third-order valence-electron chi connectivity index (χ3n) is 5.23. The number of likely N-dealkylation sites (tertiary alicyclic amines) is 1. The summed E-state index contributed by atoms with van der Waals surface area (Å²) >= 11 is 1.37. The predicted octanol–water partition coefficient (Wildman–Crippen LogP) is 1.37. The molecule has 0 saturated carbocycles. The second kappa shape index (κ2) is 7.65. The maximum Gasteiger partial charge on any atom is 0.246 e. The lowest BCUT2D eigenvalue weighted by Gasteiger charge is -2.33. The molecule has 1 amide bonds. The summed E-state index contributed by atoms with van der Waals surface area (Å²) in [5.41, 5.74) is 1.90. The van der Waals surface area contributed by atoms with Crippen LogP contribution in [0.5, 0.6) is 5.75 Å². The molecule has 9 heteroatoms. The third kappa shape index (κ3) is 3.82. The van der Waals surface area contributed by atoms with Gasteiger partial charge in [-0.2, -0.15) is 9.36 Å². The van der Waals surface area contributed by atoms with Gasteiger partial charge in [-0.05, 0) is 35.6 Å². The quantitative estimate of drug-likeness (QED) is 0.808. The number of benzene rings is 1. The van der Waals surface area contributed by atoms with E-state index < -0.39 is 0 Å². The van der Waals surface area contributed by atoms with E-state index >= 15 is 0 Å². The molecular formula is C19H25N5O3S. The summed E-state index contributed by atoms with van der Waals surface area (Å²) in [7, 11) is 5.53. The van der Waals surface area contributed by atoms with Gasteiger partial charge < -0.3 is 19.7 Å². The summed E-state index contributed by atoms with van der Waals surface area (Å²) < 4.78 is 15.8. The van der Waals surface area contributed by atoms with E-state index in [1.807, 2.05) is 25.1 Å². The minimum absolute atomic E-state index is 0.0296. The van der Waals surface area contributed by atoms with E-state index in [9.17, 15) is 4.79 Å². The Bertz CT molecular complexity index is 859. The molecule has 3 heterocycles. The largest absolute Gasteiger partial charge is 0.496 e. The second-order valence-electron chi connectivity index (χ2n) is 7.54. The summed E-state index contributed by atoms with van der Waals surface area (Å²) in [4.78, 5) is 20.3. The van der Waals surface area contributed by atoms with Gasteiger partial charge in [-0.1, -0.05) is 6.07 Å². The monoisotopic (exact) mass is 403 g/mol. The number of anilines is 1. The van der Waals surface area contributed by atoms with Crippen molar-refractivity contribution in [2.75, 3.05) is 52.3 Å². The SMILES string of the molecule is COc1ccc(CN2CCC3(CNC(=O)CO3)C2)cc1-c1nc(N(C)C)ns1.